The third-order valence-electron chi connectivity index (χ3n) is 6.28. The highest BCUT2D eigenvalue weighted by Crippen LogP contribution is 2.24. The smallest absolute Gasteiger partial charge is 0.314 e. The number of halogens is 1. The zero-order chi connectivity index (χ0) is 25.6. The quantitative estimate of drug-likeness (QED) is 0.329. The topological polar surface area (TPSA) is 82.4 Å². The molecule has 37 heavy (non-hydrogen) atoms. The Labute approximate surface area is 223 Å². The van der Waals surface area contributed by atoms with Crippen molar-refractivity contribution in [2.75, 3.05) is 13.1 Å². The first kappa shape index (κ1) is 24.9. The molecule has 2 atom stereocenters. The van der Waals surface area contributed by atoms with E-state index in [0.29, 0.717) is 28.9 Å². The van der Waals surface area contributed by atoms with Crippen LogP contribution < -0.4 is 15.6 Å². The Morgan fingerprint density at radius 2 is 1.84 bits per heavy atom. The number of hydrogen-bond acceptors (Lipinski definition) is 6. The summed E-state index contributed by atoms with van der Waals surface area (Å²) in [5.74, 6) is -0.0596. The van der Waals surface area contributed by atoms with E-state index in [1.807, 2.05) is 72.8 Å². The molecule has 0 saturated carbocycles. The Morgan fingerprint density at radius 3 is 2.59 bits per heavy atom. The van der Waals surface area contributed by atoms with Crippen LogP contribution in [0.15, 0.2) is 101 Å². The Kier molecular flexibility index (Phi) is 7.77. The highest BCUT2D eigenvalue weighted by Gasteiger charge is 2.34. The van der Waals surface area contributed by atoms with Gasteiger partial charge in [0.2, 0.25) is 0 Å². The molecule has 7 nitrogen and oxygen atoms in total. The van der Waals surface area contributed by atoms with Crippen LogP contribution in [0.5, 0.6) is 5.75 Å². The van der Waals surface area contributed by atoms with Gasteiger partial charge in [-0.15, -0.1) is 0 Å². The molecule has 2 aromatic heterocycles. The average Bonchev–Trinajstić information content (AvgIpc) is 2.95. The summed E-state index contributed by atoms with van der Waals surface area (Å²) >= 11 is 3.38. The first-order chi connectivity index (χ1) is 18.1. The number of aromatic nitrogens is 2. The van der Waals surface area contributed by atoms with Crippen molar-refractivity contribution in [1.82, 2.24) is 14.9 Å². The van der Waals surface area contributed by atoms with Crippen molar-refractivity contribution in [3.63, 3.8) is 0 Å². The predicted octanol–water partition coefficient (Wildman–Crippen LogP) is 4.76. The number of nitrogens with zero attached hydrogens (tertiary/aromatic N) is 2. The van der Waals surface area contributed by atoms with Gasteiger partial charge in [-0.05, 0) is 76.9 Å². The molecule has 1 aliphatic heterocycles. The van der Waals surface area contributed by atoms with E-state index in [4.69, 9.17) is 9.47 Å². The zero-order valence-electron chi connectivity index (χ0n) is 20.0. The second-order valence-corrected chi connectivity index (χ2v) is 9.66. The summed E-state index contributed by atoms with van der Waals surface area (Å²) in [6.45, 7) is 1.49. The van der Waals surface area contributed by atoms with Gasteiger partial charge in [-0.25, -0.2) is 0 Å². The number of carbonyl (C=O) groups is 1. The first-order valence-electron chi connectivity index (χ1n) is 12.1. The lowest BCUT2D eigenvalue weighted by molar-refractivity contribution is -0.154. The Morgan fingerprint density at radius 1 is 1.05 bits per heavy atom. The van der Waals surface area contributed by atoms with Crippen molar-refractivity contribution in [3.05, 3.63) is 112 Å². The Hall–Kier alpha value is -3.75. The minimum Gasteiger partial charge on any atom is -0.489 e. The van der Waals surface area contributed by atoms with E-state index >= 15 is 0 Å². The van der Waals surface area contributed by atoms with Crippen LogP contribution in [0.25, 0.3) is 16.9 Å². The van der Waals surface area contributed by atoms with Crippen LogP contribution in [-0.4, -0.2) is 34.7 Å². The number of hydrogen-bond donors (Lipinski definition) is 1. The number of pyridine rings is 2. The van der Waals surface area contributed by atoms with E-state index < -0.39 is 5.92 Å². The maximum atomic E-state index is 12.8. The van der Waals surface area contributed by atoms with Crippen molar-refractivity contribution < 1.29 is 14.3 Å². The van der Waals surface area contributed by atoms with Crippen molar-refractivity contribution in [2.45, 2.75) is 19.1 Å². The minimum atomic E-state index is -0.411. The number of ether oxygens (including phenoxy) is 2. The van der Waals surface area contributed by atoms with Crippen LogP contribution in [0.2, 0.25) is 0 Å². The second kappa shape index (κ2) is 11.5. The number of esters is 1. The Balaban J connectivity index is 1.30. The molecular weight excluding hydrogens is 534 g/mol. The molecule has 0 radical (unpaired) electrons. The average molecular weight is 560 g/mol. The molecular formula is C29H26BrN3O4. The molecule has 188 valence electrons. The summed E-state index contributed by atoms with van der Waals surface area (Å²) < 4.78 is 13.8. The lowest BCUT2D eigenvalue weighted by atomic mass is 9.96. The molecule has 1 N–H and O–H groups in total. The molecule has 3 heterocycles. The summed E-state index contributed by atoms with van der Waals surface area (Å²) in [5.41, 5.74) is 3.06. The third-order valence-corrected chi connectivity index (χ3v) is 6.85. The predicted molar refractivity (Wildman–Crippen MR) is 145 cm³/mol. The molecule has 5 rings (SSSR count). The monoisotopic (exact) mass is 559 g/mol. The largest absolute Gasteiger partial charge is 0.489 e. The van der Waals surface area contributed by atoms with Crippen LogP contribution in [0.4, 0.5) is 0 Å². The fraction of sp³-hybridized carbons (Fsp3) is 0.207. The molecule has 2 aromatic carbocycles. The van der Waals surface area contributed by atoms with Crippen molar-refractivity contribution in [2.24, 2.45) is 5.92 Å². The van der Waals surface area contributed by atoms with Gasteiger partial charge < -0.3 is 14.8 Å². The van der Waals surface area contributed by atoms with E-state index in [2.05, 4.69) is 26.2 Å². The van der Waals surface area contributed by atoms with Gasteiger partial charge in [0.05, 0.1) is 10.2 Å². The van der Waals surface area contributed by atoms with E-state index in [-0.39, 0.29) is 24.2 Å². The number of piperidine rings is 1. The van der Waals surface area contributed by atoms with Gasteiger partial charge in [-0.2, -0.15) is 0 Å². The van der Waals surface area contributed by atoms with Gasteiger partial charge >= 0.3 is 5.97 Å². The molecule has 1 fully saturated rings. The summed E-state index contributed by atoms with van der Waals surface area (Å²) in [6, 6.07) is 24.3. The van der Waals surface area contributed by atoms with E-state index in [1.165, 1.54) is 0 Å². The van der Waals surface area contributed by atoms with Crippen molar-refractivity contribution >= 4 is 21.9 Å². The lowest BCUT2D eigenvalue weighted by Gasteiger charge is -2.31. The van der Waals surface area contributed by atoms with Crippen molar-refractivity contribution in [1.29, 1.82) is 0 Å². The number of rotatable bonds is 7. The Bertz CT molecular complexity index is 1410. The van der Waals surface area contributed by atoms with Gasteiger partial charge in [-0.3, -0.25) is 19.1 Å². The maximum absolute atomic E-state index is 12.8. The van der Waals surface area contributed by atoms with E-state index in [9.17, 15) is 9.59 Å². The zero-order valence-corrected chi connectivity index (χ0v) is 21.6. The molecule has 0 spiro atoms. The van der Waals surface area contributed by atoms with Gasteiger partial charge in [0.15, 0.2) is 0 Å². The standard InChI is InChI=1S/C29H26BrN3O4/c30-25-16-21(26-8-4-5-14-32-26)18-33(28(25)34)22-9-11-23(12-10-22)37-27-13-15-31-17-24(27)29(35)36-19-20-6-2-1-3-7-20/h1-12,14,16,18,24,27,31H,13,15,17,19H2. The lowest BCUT2D eigenvalue weighted by Crippen LogP contribution is -2.47. The van der Waals surface area contributed by atoms with Crippen LogP contribution in [0, 0.1) is 5.92 Å². The van der Waals surface area contributed by atoms with Gasteiger partial charge in [0.1, 0.15) is 24.4 Å². The van der Waals surface area contributed by atoms with Crippen LogP contribution in [-0.2, 0) is 16.1 Å². The highest BCUT2D eigenvalue weighted by molar-refractivity contribution is 9.10. The first-order valence-corrected chi connectivity index (χ1v) is 12.9. The molecule has 1 saturated heterocycles. The fourth-order valence-electron chi connectivity index (χ4n) is 4.32. The number of carbonyl (C=O) groups excluding carboxylic acids is 1. The van der Waals surface area contributed by atoms with Gasteiger partial charge in [0, 0.05) is 30.2 Å². The summed E-state index contributed by atoms with van der Waals surface area (Å²) in [4.78, 5) is 30.1. The van der Waals surface area contributed by atoms with E-state index in [1.54, 1.807) is 23.0 Å². The third kappa shape index (κ3) is 5.98. The SMILES string of the molecule is O=C(OCc1ccccc1)C1CNCCC1Oc1ccc(-n2cc(-c3ccccn3)cc(Br)c2=O)cc1. The number of nitrogens with one attached hydrogen (secondary N) is 1. The molecule has 1 aliphatic rings. The maximum Gasteiger partial charge on any atom is 0.314 e. The van der Waals surface area contributed by atoms with Gasteiger partial charge in [0.25, 0.3) is 5.56 Å². The highest BCUT2D eigenvalue weighted by atomic mass is 79.9. The normalized spacial score (nSPS) is 17.2. The van der Waals surface area contributed by atoms with Crippen LogP contribution >= 0.6 is 15.9 Å². The van der Waals surface area contributed by atoms with Crippen molar-refractivity contribution in [3.8, 4) is 22.7 Å². The fourth-order valence-corrected chi connectivity index (χ4v) is 4.76. The molecule has 2 unspecified atom stereocenters. The molecule has 8 heteroatoms. The summed E-state index contributed by atoms with van der Waals surface area (Å²) in [6.07, 6.45) is 3.87. The molecule has 0 amide bonds. The summed E-state index contributed by atoms with van der Waals surface area (Å²) in [5, 5.41) is 3.26. The van der Waals surface area contributed by atoms with Crippen LogP contribution in [0.1, 0.15) is 12.0 Å². The summed E-state index contributed by atoms with van der Waals surface area (Å²) in [7, 11) is 0. The number of benzene rings is 2. The second-order valence-electron chi connectivity index (χ2n) is 8.81. The molecule has 0 aliphatic carbocycles. The minimum absolute atomic E-state index is 0.173. The van der Waals surface area contributed by atoms with Crippen LogP contribution in [0.3, 0.4) is 0 Å². The molecule has 0 bridgehead atoms. The molecule has 4 aromatic rings. The van der Waals surface area contributed by atoms with Gasteiger partial charge in [-0.1, -0.05) is 36.4 Å². The van der Waals surface area contributed by atoms with E-state index in [0.717, 1.165) is 23.4 Å².